The van der Waals surface area contributed by atoms with Crippen LogP contribution < -0.4 is 4.90 Å². The number of rotatable bonds is 2. The molecule has 4 fully saturated rings. The molecular weight excluding hydrogens is 307 g/mol. The van der Waals surface area contributed by atoms with Gasteiger partial charge in [0, 0.05) is 36.2 Å². The first kappa shape index (κ1) is 13.7. The fraction of sp³-hybridized carbons (Fsp3) is 0.389. The van der Waals surface area contributed by atoms with Gasteiger partial charge in [-0.05, 0) is 0 Å². The van der Waals surface area contributed by atoms with Gasteiger partial charge in [0.25, 0.3) is 0 Å². The Bertz CT molecular complexity index is 896. The summed E-state index contributed by atoms with van der Waals surface area (Å²) in [6.07, 6.45) is 4.60. The number of halogens is 1. The Morgan fingerprint density at radius 1 is 1.25 bits per heavy atom. The number of nitrogens with zero attached hydrogens (tertiary/aromatic N) is 4. The van der Waals surface area contributed by atoms with Crippen molar-refractivity contribution in [3.63, 3.8) is 0 Å². The minimum Gasteiger partial charge on any atom is -0.315 e. The summed E-state index contributed by atoms with van der Waals surface area (Å²) in [5, 5.41) is 11.4. The lowest BCUT2D eigenvalue weighted by Crippen LogP contribution is -2.77. The number of aromatic nitrogens is 1. The van der Waals surface area contributed by atoms with E-state index in [0.29, 0.717) is 31.5 Å². The van der Waals surface area contributed by atoms with Crippen LogP contribution in [0.25, 0.3) is 10.8 Å². The fourth-order valence-electron chi connectivity index (χ4n) is 4.55. The molecule has 2 heterocycles. The van der Waals surface area contributed by atoms with Crippen molar-refractivity contribution in [3.8, 4) is 6.07 Å². The summed E-state index contributed by atoms with van der Waals surface area (Å²) in [5.41, 5.74) is -0.793. The van der Waals surface area contributed by atoms with Gasteiger partial charge in [-0.1, -0.05) is 24.3 Å². The first-order chi connectivity index (χ1) is 11.6. The summed E-state index contributed by atoms with van der Waals surface area (Å²) in [5.74, 6) is 0. The highest BCUT2D eigenvalue weighted by molar-refractivity contribution is 6.05. The van der Waals surface area contributed by atoms with Crippen molar-refractivity contribution < 1.29 is 9.18 Å². The third-order valence-corrected chi connectivity index (χ3v) is 5.67. The molecule has 0 radical (unpaired) electrons. The predicted molar refractivity (Wildman–Crippen MR) is 86.1 cm³/mol. The van der Waals surface area contributed by atoms with E-state index in [1.807, 2.05) is 24.3 Å². The SMILES string of the molecule is N#C[C@H]1CN(C23CC(F)(C2)C3)C(=O)N1c1cncc2ccccc12. The van der Waals surface area contributed by atoms with Gasteiger partial charge in [-0.3, -0.25) is 9.88 Å². The molecule has 120 valence electrons. The molecule has 0 unspecified atom stereocenters. The number of carbonyl (C=O) groups is 1. The number of carbonyl (C=O) groups excluding carboxylic acids is 1. The van der Waals surface area contributed by atoms with Gasteiger partial charge in [-0.15, -0.1) is 0 Å². The van der Waals surface area contributed by atoms with E-state index in [4.69, 9.17) is 0 Å². The molecule has 1 aromatic carbocycles. The molecule has 3 saturated carbocycles. The monoisotopic (exact) mass is 322 g/mol. The molecular formula is C18H15FN4O. The maximum Gasteiger partial charge on any atom is 0.326 e. The molecule has 0 N–H and O–H groups in total. The second-order valence-corrected chi connectivity index (χ2v) is 7.19. The van der Waals surface area contributed by atoms with Gasteiger partial charge in [0.2, 0.25) is 0 Å². The number of hydrogen-bond acceptors (Lipinski definition) is 3. The average molecular weight is 322 g/mol. The van der Waals surface area contributed by atoms with Crippen molar-refractivity contribution in [3.05, 3.63) is 36.7 Å². The molecule has 6 rings (SSSR count). The van der Waals surface area contributed by atoms with Crippen LogP contribution in [0.3, 0.4) is 0 Å². The zero-order valence-electron chi connectivity index (χ0n) is 12.9. The van der Waals surface area contributed by atoms with E-state index in [9.17, 15) is 14.4 Å². The Labute approximate surface area is 138 Å². The van der Waals surface area contributed by atoms with Crippen molar-refractivity contribution in [1.82, 2.24) is 9.88 Å². The second-order valence-electron chi connectivity index (χ2n) is 7.19. The number of hydrogen-bond donors (Lipinski definition) is 0. The van der Waals surface area contributed by atoms with Crippen LogP contribution in [0.4, 0.5) is 14.9 Å². The molecule has 5 nitrogen and oxygen atoms in total. The van der Waals surface area contributed by atoms with Crippen molar-refractivity contribution in [1.29, 1.82) is 5.26 Å². The van der Waals surface area contributed by atoms with Crippen molar-refractivity contribution >= 4 is 22.5 Å². The van der Waals surface area contributed by atoms with E-state index < -0.39 is 11.7 Å². The topological polar surface area (TPSA) is 60.2 Å². The molecule has 2 amide bonds. The van der Waals surface area contributed by atoms with Crippen molar-refractivity contribution in [2.24, 2.45) is 0 Å². The molecule has 4 aliphatic rings. The maximum atomic E-state index is 13.9. The smallest absolute Gasteiger partial charge is 0.315 e. The summed E-state index contributed by atoms with van der Waals surface area (Å²) >= 11 is 0. The minimum atomic E-state index is -1.07. The van der Waals surface area contributed by atoms with E-state index in [2.05, 4.69) is 11.1 Å². The zero-order chi connectivity index (χ0) is 16.5. The number of alkyl halides is 1. The molecule has 2 bridgehead atoms. The molecule has 3 aliphatic carbocycles. The molecule has 1 aromatic heterocycles. The predicted octanol–water partition coefficient (Wildman–Crippen LogP) is 3.01. The number of urea groups is 1. The summed E-state index contributed by atoms with van der Waals surface area (Å²) in [7, 11) is 0. The normalized spacial score (nSPS) is 34.0. The van der Waals surface area contributed by atoms with Crippen LogP contribution >= 0.6 is 0 Å². The quantitative estimate of drug-likeness (QED) is 0.854. The van der Waals surface area contributed by atoms with Gasteiger partial charge in [-0.2, -0.15) is 5.26 Å². The van der Waals surface area contributed by atoms with Gasteiger partial charge in [0.15, 0.2) is 0 Å². The number of nitriles is 1. The number of anilines is 1. The highest BCUT2D eigenvalue weighted by Gasteiger charge is 2.73. The average Bonchev–Trinajstić information content (AvgIpc) is 2.87. The lowest BCUT2D eigenvalue weighted by atomic mass is 9.47. The van der Waals surface area contributed by atoms with Gasteiger partial charge in [-0.25, -0.2) is 9.18 Å². The molecule has 6 heteroatoms. The van der Waals surface area contributed by atoms with Gasteiger partial charge in [0.1, 0.15) is 11.7 Å². The van der Waals surface area contributed by atoms with Gasteiger partial charge in [0.05, 0.1) is 30.0 Å². The highest BCUT2D eigenvalue weighted by Crippen LogP contribution is 2.66. The van der Waals surface area contributed by atoms with Crippen molar-refractivity contribution in [2.75, 3.05) is 11.4 Å². The van der Waals surface area contributed by atoms with E-state index >= 15 is 0 Å². The molecule has 1 aliphatic heterocycles. The third-order valence-electron chi connectivity index (χ3n) is 5.67. The first-order valence-corrected chi connectivity index (χ1v) is 8.07. The van der Waals surface area contributed by atoms with Gasteiger partial charge < -0.3 is 4.90 Å². The van der Waals surface area contributed by atoms with Crippen LogP contribution in [-0.4, -0.2) is 39.7 Å². The van der Waals surface area contributed by atoms with Crippen LogP contribution in [-0.2, 0) is 0 Å². The van der Waals surface area contributed by atoms with Gasteiger partial charge >= 0.3 is 6.03 Å². The summed E-state index contributed by atoms with van der Waals surface area (Å²) in [6, 6.07) is 9.12. The zero-order valence-corrected chi connectivity index (χ0v) is 12.9. The third kappa shape index (κ3) is 1.57. The Kier molecular flexibility index (Phi) is 2.42. The number of benzene rings is 1. The summed E-state index contributed by atoms with van der Waals surface area (Å²) < 4.78 is 13.9. The Balaban J connectivity index is 1.57. The molecule has 1 saturated heterocycles. The van der Waals surface area contributed by atoms with Crippen molar-refractivity contribution in [2.45, 2.75) is 36.5 Å². The standard InChI is InChI=1S/C18H15FN4O/c19-17-9-18(10-17,11-17)22-8-13(5-20)23(16(22)24)15-7-21-6-12-3-1-2-4-14(12)15/h1-4,6-7,13H,8-11H2/t13-,17?,18?/m0/s1. The Hall–Kier alpha value is -2.68. The maximum absolute atomic E-state index is 13.9. The number of fused-ring (bicyclic) bond motifs is 1. The Morgan fingerprint density at radius 3 is 2.71 bits per heavy atom. The van der Waals surface area contributed by atoms with E-state index in [1.54, 1.807) is 17.3 Å². The second kappa shape index (κ2) is 4.23. The molecule has 24 heavy (non-hydrogen) atoms. The number of amides is 2. The van der Waals surface area contributed by atoms with Crippen LogP contribution in [0.2, 0.25) is 0 Å². The van der Waals surface area contributed by atoms with Crippen LogP contribution in [0, 0.1) is 11.3 Å². The fourth-order valence-corrected chi connectivity index (χ4v) is 4.55. The van der Waals surface area contributed by atoms with Crippen LogP contribution in [0.5, 0.6) is 0 Å². The van der Waals surface area contributed by atoms with E-state index in [1.165, 1.54) is 4.90 Å². The Morgan fingerprint density at radius 2 is 2.00 bits per heavy atom. The lowest BCUT2D eigenvalue weighted by Gasteiger charge is -2.68. The highest BCUT2D eigenvalue weighted by atomic mass is 19.1. The molecule has 2 aromatic rings. The lowest BCUT2D eigenvalue weighted by molar-refractivity contribution is -0.208. The molecule has 1 atom stereocenters. The largest absolute Gasteiger partial charge is 0.326 e. The van der Waals surface area contributed by atoms with E-state index in [-0.39, 0.29) is 11.6 Å². The van der Waals surface area contributed by atoms with Crippen LogP contribution in [0.1, 0.15) is 19.3 Å². The summed E-state index contributed by atoms with van der Waals surface area (Å²) in [6.45, 7) is 0.328. The molecule has 0 spiro atoms. The number of pyridine rings is 1. The summed E-state index contributed by atoms with van der Waals surface area (Å²) in [4.78, 5) is 20.5. The first-order valence-electron chi connectivity index (χ1n) is 8.07. The van der Waals surface area contributed by atoms with Crippen LogP contribution in [0.15, 0.2) is 36.7 Å². The minimum absolute atomic E-state index is 0.207. The van der Waals surface area contributed by atoms with E-state index in [0.717, 1.165) is 10.8 Å².